The highest BCUT2D eigenvalue weighted by molar-refractivity contribution is 6.02. The van der Waals surface area contributed by atoms with E-state index in [1.54, 1.807) is 36.3 Å². The number of fused-ring (bicyclic) bond motifs is 1. The third-order valence-corrected chi connectivity index (χ3v) is 8.06. The summed E-state index contributed by atoms with van der Waals surface area (Å²) in [6, 6.07) is 6.43. The van der Waals surface area contributed by atoms with Gasteiger partial charge in [0.2, 0.25) is 17.7 Å². The monoisotopic (exact) mass is 511 g/mol. The lowest BCUT2D eigenvalue weighted by Crippen LogP contribution is -2.56. The molecule has 2 bridgehead atoms. The van der Waals surface area contributed by atoms with E-state index in [9.17, 15) is 14.4 Å². The molecule has 5 rings (SSSR count). The molecule has 37 heavy (non-hydrogen) atoms. The van der Waals surface area contributed by atoms with Crippen LogP contribution in [0.3, 0.4) is 0 Å². The Balaban J connectivity index is 1.38. The van der Waals surface area contributed by atoms with E-state index >= 15 is 0 Å². The number of nitrogens with zero attached hydrogens (tertiary/aromatic N) is 1. The molecule has 9 heteroatoms. The Morgan fingerprint density at radius 1 is 1.14 bits per heavy atom. The second-order valence-electron chi connectivity index (χ2n) is 10.4. The molecule has 1 aromatic rings. The van der Waals surface area contributed by atoms with Crippen molar-refractivity contribution in [3.8, 4) is 5.75 Å². The maximum atomic E-state index is 13.9. The first-order valence-electron chi connectivity index (χ1n) is 13.5. The zero-order valence-corrected chi connectivity index (χ0v) is 21.6. The average Bonchev–Trinajstić information content (AvgIpc) is 3.54. The van der Waals surface area contributed by atoms with Crippen molar-refractivity contribution in [3.05, 3.63) is 36.4 Å². The topological polar surface area (TPSA) is 106 Å². The van der Waals surface area contributed by atoms with E-state index in [1.807, 2.05) is 19.1 Å². The fourth-order valence-electron chi connectivity index (χ4n) is 6.44. The lowest BCUT2D eigenvalue weighted by molar-refractivity contribution is -0.141. The van der Waals surface area contributed by atoms with E-state index in [-0.39, 0.29) is 23.8 Å². The zero-order valence-electron chi connectivity index (χ0n) is 21.6. The summed E-state index contributed by atoms with van der Waals surface area (Å²) >= 11 is 0. The summed E-state index contributed by atoms with van der Waals surface area (Å²) in [7, 11) is 1.61. The van der Waals surface area contributed by atoms with Gasteiger partial charge in [-0.3, -0.25) is 14.4 Å². The maximum absolute atomic E-state index is 13.9. The smallest absolute Gasteiger partial charge is 0.246 e. The second-order valence-corrected chi connectivity index (χ2v) is 10.4. The Morgan fingerprint density at radius 2 is 1.89 bits per heavy atom. The Morgan fingerprint density at radius 3 is 2.59 bits per heavy atom. The molecule has 1 aliphatic carbocycles. The molecule has 3 aliphatic heterocycles. The molecule has 4 aliphatic rings. The summed E-state index contributed by atoms with van der Waals surface area (Å²) in [5, 5.41) is 6.15. The van der Waals surface area contributed by atoms with E-state index in [4.69, 9.17) is 14.2 Å². The predicted molar refractivity (Wildman–Crippen MR) is 137 cm³/mol. The van der Waals surface area contributed by atoms with Crippen LogP contribution in [-0.4, -0.2) is 73.3 Å². The summed E-state index contributed by atoms with van der Waals surface area (Å²) in [6.45, 7) is 3.30. The molecule has 1 aromatic carbocycles. The first-order valence-corrected chi connectivity index (χ1v) is 13.5. The van der Waals surface area contributed by atoms with E-state index < -0.39 is 29.6 Å². The first kappa shape index (κ1) is 25.7. The SMILES string of the molecule is CCOc1ccc(NC(=O)[C@H]2[C@H]3C=C[C@]4(O3)[C@H](C(=O)NC3CCCCC3)N(CCCOC)C(=O)[C@@H]24)cc1. The molecule has 1 saturated carbocycles. The van der Waals surface area contributed by atoms with Crippen molar-refractivity contribution in [3.63, 3.8) is 0 Å². The standard InChI is InChI=1S/C28H37N3O6/c1-3-36-20-12-10-19(11-13-20)29-25(32)22-21-14-15-28(37-21)23(22)27(34)31(16-7-17-35-2)24(28)26(33)30-18-8-5-4-6-9-18/h10-15,18,21-24H,3-9,16-17H2,1-2H3,(H,29,32)(H,30,33)/t21-,22+,23-,24+,28-/m1/s1. The highest BCUT2D eigenvalue weighted by Gasteiger charge is 2.72. The van der Waals surface area contributed by atoms with Crippen molar-refractivity contribution < 1.29 is 28.6 Å². The number of ether oxygens (including phenoxy) is 3. The summed E-state index contributed by atoms with van der Waals surface area (Å²) in [4.78, 5) is 42.7. The van der Waals surface area contributed by atoms with Crippen molar-refractivity contribution in [2.45, 2.75) is 69.2 Å². The Labute approximate surface area is 217 Å². The third-order valence-electron chi connectivity index (χ3n) is 8.06. The number of carbonyl (C=O) groups excluding carboxylic acids is 3. The van der Waals surface area contributed by atoms with Gasteiger partial charge in [-0.1, -0.05) is 31.4 Å². The molecule has 9 nitrogen and oxygen atoms in total. The van der Waals surface area contributed by atoms with Crippen LogP contribution >= 0.6 is 0 Å². The van der Waals surface area contributed by atoms with Crippen LogP contribution in [-0.2, 0) is 23.9 Å². The highest BCUT2D eigenvalue weighted by atomic mass is 16.5. The molecular weight excluding hydrogens is 474 g/mol. The number of anilines is 1. The van der Waals surface area contributed by atoms with Gasteiger partial charge in [-0.2, -0.15) is 0 Å². The lowest BCUT2D eigenvalue weighted by Gasteiger charge is -2.34. The summed E-state index contributed by atoms with van der Waals surface area (Å²) < 4.78 is 17.1. The van der Waals surface area contributed by atoms with Crippen molar-refractivity contribution in [2.24, 2.45) is 11.8 Å². The van der Waals surface area contributed by atoms with Crippen LogP contribution in [0.5, 0.6) is 5.75 Å². The molecule has 2 N–H and O–H groups in total. The van der Waals surface area contributed by atoms with Gasteiger partial charge in [0.1, 0.15) is 17.4 Å². The molecular formula is C28H37N3O6. The molecule has 3 heterocycles. The normalized spacial score (nSPS) is 30.4. The van der Waals surface area contributed by atoms with Gasteiger partial charge in [0.15, 0.2) is 0 Å². The van der Waals surface area contributed by atoms with Crippen LogP contribution in [0, 0.1) is 11.8 Å². The van der Waals surface area contributed by atoms with Crippen molar-refractivity contribution >= 4 is 23.4 Å². The van der Waals surface area contributed by atoms with Crippen LogP contribution in [0.25, 0.3) is 0 Å². The molecule has 0 aromatic heterocycles. The third kappa shape index (κ3) is 4.75. The molecule has 0 radical (unpaired) electrons. The van der Waals surface area contributed by atoms with E-state index in [0.717, 1.165) is 31.4 Å². The number of hydrogen-bond donors (Lipinski definition) is 2. The summed E-state index contributed by atoms with van der Waals surface area (Å²) in [5.41, 5.74) is -0.530. The lowest BCUT2D eigenvalue weighted by atomic mass is 9.74. The first-order chi connectivity index (χ1) is 18.0. The second kappa shape index (κ2) is 10.8. The average molecular weight is 512 g/mol. The number of nitrogens with one attached hydrogen (secondary N) is 2. The minimum atomic E-state index is -1.14. The minimum absolute atomic E-state index is 0.106. The molecule has 1 spiro atoms. The molecule has 2 saturated heterocycles. The van der Waals surface area contributed by atoms with E-state index in [2.05, 4.69) is 10.6 Å². The van der Waals surface area contributed by atoms with Crippen LogP contribution in [0.1, 0.15) is 45.4 Å². The van der Waals surface area contributed by atoms with E-state index in [0.29, 0.717) is 31.9 Å². The Bertz CT molecular complexity index is 1040. The van der Waals surface area contributed by atoms with Gasteiger partial charge in [0.25, 0.3) is 0 Å². The fraction of sp³-hybridized carbons (Fsp3) is 0.607. The predicted octanol–water partition coefficient (Wildman–Crippen LogP) is 2.66. The largest absolute Gasteiger partial charge is 0.494 e. The van der Waals surface area contributed by atoms with Crippen LogP contribution in [0.2, 0.25) is 0 Å². The van der Waals surface area contributed by atoms with Gasteiger partial charge in [-0.05, 0) is 50.5 Å². The van der Waals surface area contributed by atoms with Crippen molar-refractivity contribution in [1.29, 1.82) is 0 Å². The Hall–Kier alpha value is -2.91. The Kier molecular flexibility index (Phi) is 7.53. The summed E-state index contributed by atoms with van der Waals surface area (Å²) in [6.07, 6.45) is 8.98. The van der Waals surface area contributed by atoms with Crippen molar-refractivity contribution in [1.82, 2.24) is 10.2 Å². The van der Waals surface area contributed by atoms with Crippen LogP contribution < -0.4 is 15.4 Å². The van der Waals surface area contributed by atoms with Gasteiger partial charge in [0, 0.05) is 32.0 Å². The van der Waals surface area contributed by atoms with Gasteiger partial charge in [-0.15, -0.1) is 0 Å². The number of amides is 3. The number of carbonyl (C=O) groups is 3. The van der Waals surface area contributed by atoms with Gasteiger partial charge in [0.05, 0.1) is 24.5 Å². The molecule has 3 amide bonds. The van der Waals surface area contributed by atoms with Gasteiger partial charge >= 0.3 is 0 Å². The van der Waals surface area contributed by atoms with Crippen molar-refractivity contribution in [2.75, 3.05) is 32.2 Å². The molecule has 5 atom stereocenters. The molecule has 200 valence electrons. The molecule has 3 fully saturated rings. The minimum Gasteiger partial charge on any atom is -0.494 e. The van der Waals surface area contributed by atoms with Crippen LogP contribution in [0.4, 0.5) is 5.69 Å². The molecule has 0 unspecified atom stereocenters. The zero-order chi connectivity index (χ0) is 26.0. The maximum Gasteiger partial charge on any atom is 0.246 e. The van der Waals surface area contributed by atoms with Gasteiger partial charge in [-0.25, -0.2) is 0 Å². The van der Waals surface area contributed by atoms with E-state index in [1.165, 1.54) is 6.42 Å². The van der Waals surface area contributed by atoms with Crippen LogP contribution in [0.15, 0.2) is 36.4 Å². The van der Waals surface area contributed by atoms with Gasteiger partial charge < -0.3 is 29.7 Å². The number of benzene rings is 1. The highest BCUT2D eigenvalue weighted by Crippen LogP contribution is 2.55. The fourth-order valence-corrected chi connectivity index (χ4v) is 6.44. The number of hydrogen-bond acceptors (Lipinski definition) is 6. The quantitative estimate of drug-likeness (QED) is 0.370. The summed E-state index contributed by atoms with van der Waals surface area (Å²) in [5.74, 6) is -1.45. The number of methoxy groups -OCH3 is 1. The number of likely N-dealkylation sites (tertiary alicyclic amines) is 1. The number of rotatable bonds is 10.